The van der Waals surface area contributed by atoms with Gasteiger partial charge in [-0.05, 0) is 49.4 Å². The van der Waals surface area contributed by atoms with E-state index in [1.165, 1.54) is 0 Å². The van der Waals surface area contributed by atoms with E-state index in [0.717, 1.165) is 0 Å². The maximum absolute atomic E-state index is 13.1. The van der Waals surface area contributed by atoms with Crippen LogP contribution in [0, 0.1) is 5.92 Å². The fraction of sp³-hybridized carbons (Fsp3) is 0.500. The van der Waals surface area contributed by atoms with Crippen molar-refractivity contribution in [3.63, 3.8) is 0 Å². The molecule has 1 aromatic carbocycles. The van der Waals surface area contributed by atoms with Gasteiger partial charge in [0.25, 0.3) is 11.8 Å². The lowest BCUT2D eigenvalue weighted by atomic mass is 9.87. The van der Waals surface area contributed by atoms with Crippen molar-refractivity contribution in [1.29, 1.82) is 0 Å². The van der Waals surface area contributed by atoms with Crippen LogP contribution in [-0.2, 0) is 9.59 Å². The highest BCUT2D eigenvalue weighted by atomic mass is 35.5. The predicted octanol–water partition coefficient (Wildman–Crippen LogP) is 1.69. The first-order valence-electron chi connectivity index (χ1n) is 9.69. The van der Waals surface area contributed by atoms with Crippen molar-refractivity contribution in [3.05, 3.63) is 34.9 Å². The molecule has 29 heavy (non-hydrogen) atoms. The molecule has 2 saturated heterocycles. The minimum atomic E-state index is -0.937. The first-order chi connectivity index (χ1) is 13.7. The Bertz CT molecular complexity index is 816. The summed E-state index contributed by atoms with van der Waals surface area (Å²) in [5, 5.41) is 8.30. The molecule has 8 nitrogen and oxygen atoms in total. The first-order valence-corrected chi connectivity index (χ1v) is 10.1. The topological polar surface area (TPSA) is 108 Å². The molecule has 0 aromatic heterocycles. The van der Waals surface area contributed by atoms with Crippen molar-refractivity contribution in [2.45, 2.75) is 44.7 Å². The fourth-order valence-corrected chi connectivity index (χ4v) is 3.87. The van der Waals surface area contributed by atoms with E-state index in [0.29, 0.717) is 42.9 Å². The molecule has 3 rings (SSSR count). The number of hydrogen-bond acceptors (Lipinski definition) is 4. The lowest BCUT2D eigenvalue weighted by Gasteiger charge is -2.38. The van der Waals surface area contributed by atoms with Gasteiger partial charge in [0.05, 0.1) is 0 Å². The summed E-state index contributed by atoms with van der Waals surface area (Å²) in [6.45, 7) is 4.63. The van der Waals surface area contributed by atoms with Gasteiger partial charge in [0.2, 0.25) is 5.91 Å². The zero-order valence-electron chi connectivity index (χ0n) is 16.5. The summed E-state index contributed by atoms with van der Waals surface area (Å²) in [6.07, 6.45) is 1.18. The van der Waals surface area contributed by atoms with Crippen molar-refractivity contribution in [3.8, 4) is 0 Å². The standard InChI is InChI=1S/C20H25ClN4O4/c1-12(2)11-15(22-16(26)13-3-5-14(21)6-4-13)17(27)25-9-7-20(8-10-25)18(28)23-19(29)24-20/h3-6,12,15H,7-11H2,1-2H3,(H,22,26)(H2,23,24,28,29). The summed E-state index contributed by atoms with van der Waals surface area (Å²) in [4.78, 5) is 50.9. The summed E-state index contributed by atoms with van der Waals surface area (Å²) < 4.78 is 0. The number of likely N-dealkylation sites (tertiary alicyclic amines) is 1. The Balaban J connectivity index is 1.66. The molecule has 2 aliphatic rings. The third kappa shape index (κ3) is 4.70. The van der Waals surface area contributed by atoms with Crippen LogP contribution in [0.15, 0.2) is 24.3 Å². The van der Waals surface area contributed by atoms with Gasteiger partial charge in [-0.15, -0.1) is 0 Å². The maximum atomic E-state index is 13.1. The zero-order valence-corrected chi connectivity index (χ0v) is 17.2. The number of piperidine rings is 1. The molecule has 0 saturated carbocycles. The lowest BCUT2D eigenvalue weighted by Crippen LogP contribution is -2.58. The molecular weight excluding hydrogens is 396 g/mol. The third-order valence-corrected chi connectivity index (χ3v) is 5.61. The molecular formula is C20H25ClN4O4. The average molecular weight is 421 g/mol. The summed E-state index contributed by atoms with van der Waals surface area (Å²) in [5.74, 6) is -0.660. The predicted molar refractivity (Wildman–Crippen MR) is 107 cm³/mol. The van der Waals surface area contributed by atoms with Crippen molar-refractivity contribution >= 4 is 35.4 Å². The molecule has 2 aliphatic heterocycles. The molecule has 3 N–H and O–H groups in total. The minimum absolute atomic E-state index is 0.180. The van der Waals surface area contributed by atoms with Crippen LogP contribution in [-0.4, -0.2) is 53.3 Å². The Morgan fingerprint density at radius 1 is 1.17 bits per heavy atom. The Labute approximate surface area is 174 Å². The van der Waals surface area contributed by atoms with Crippen LogP contribution in [0.1, 0.15) is 43.5 Å². The highest BCUT2D eigenvalue weighted by molar-refractivity contribution is 6.30. The van der Waals surface area contributed by atoms with E-state index in [2.05, 4.69) is 16.0 Å². The van der Waals surface area contributed by atoms with Gasteiger partial charge < -0.3 is 15.5 Å². The van der Waals surface area contributed by atoms with Crippen LogP contribution in [0.25, 0.3) is 0 Å². The molecule has 156 valence electrons. The van der Waals surface area contributed by atoms with Crippen molar-refractivity contribution in [2.24, 2.45) is 5.92 Å². The van der Waals surface area contributed by atoms with Crippen LogP contribution < -0.4 is 16.0 Å². The monoisotopic (exact) mass is 420 g/mol. The van der Waals surface area contributed by atoms with Gasteiger partial charge >= 0.3 is 6.03 Å². The number of rotatable bonds is 5. The second-order valence-electron chi connectivity index (χ2n) is 7.98. The number of nitrogens with one attached hydrogen (secondary N) is 3. The molecule has 2 fully saturated rings. The normalized spacial score (nSPS) is 19.1. The molecule has 0 aliphatic carbocycles. The summed E-state index contributed by atoms with van der Waals surface area (Å²) >= 11 is 5.87. The van der Waals surface area contributed by atoms with Crippen LogP contribution in [0.4, 0.5) is 4.79 Å². The molecule has 1 aromatic rings. The smallest absolute Gasteiger partial charge is 0.322 e. The highest BCUT2D eigenvalue weighted by Gasteiger charge is 2.48. The Kier molecular flexibility index (Phi) is 6.12. The number of benzene rings is 1. The van der Waals surface area contributed by atoms with E-state index in [-0.39, 0.29) is 23.6 Å². The number of amides is 5. The van der Waals surface area contributed by atoms with E-state index in [1.807, 2.05) is 13.8 Å². The van der Waals surface area contributed by atoms with E-state index in [4.69, 9.17) is 11.6 Å². The van der Waals surface area contributed by atoms with Gasteiger partial charge in [0, 0.05) is 23.7 Å². The second-order valence-corrected chi connectivity index (χ2v) is 8.41. The van der Waals surface area contributed by atoms with Crippen LogP contribution >= 0.6 is 11.6 Å². The number of halogens is 1. The van der Waals surface area contributed by atoms with Crippen LogP contribution in [0.2, 0.25) is 5.02 Å². The largest absolute Gasteiger partial charge is 0.341 e. The summed E-state index contributed by atoms with van der Waals surface area (Å²) in [5.41, 5.74) is -0.507. The van der Waals surface area contributed by atoms with E-state index in [1.54, 1.807) is 29.2 Å². The second kappa shape index (κ2) is 8.41. The number of carbonyl (C=O) groups excluding carboxylic acids is 4. The molecule has 2 heterocycles. The molecule has 1 unspecified atom stereocenters. The molecule has 5 amide bonds. The van der Waals surface area contributed by atoms with Crippen molar-refractivity contribution < 1.29 is 19.2 Å². The number of hydrogen-bond donors (Lipinski definition) is 3. The van der Waals surface area contributed by atoms with Gasteiger partial charge in [0.1, 0.15) is 11.6 Å². The Morgan fingerprint density at radius 3 is 2.31 bits per heavy atom. The number of urea groups is 1. The fourth-order valence-electron chi connectivity index (χ4n) is 3.75. The van der Waals surface area contributed by atoms with E-state index < -0.39 is 17.6 Å². The quantitative estimate of drug-likeness (QED) is 0.630. The lowest BCUT2D eigenvalue weighted by molar-refractivity contribution is -0.137. The van der Waals surface area contributed by atoms with Crippen molar-refractivity contribution in [1.82, 2.24) is 20.9 Å². The zero-order chi connectivity index (χ0) is 21.2. The van der Waals surface area contributed by atoms with Crippen LogP contribution in [0.3, 0.4) is 0 Å². The van der Waals surface area contributed by atoms with Crippen LogP contribution in [0.5, 0.6) is 0 Å². The first kappa shape index (κ1) is 21.1. The highest BCUT2D eigenvalue weighted by Crippen LogP contribution is 2.26. The third-order valence-electron chi connectivity index (χ3n) is 5.36. The Hall–Kier alpha value is -2.61. The molecule has 1 spiro atoms. The Morgan fingerprint density at radius 2 is 1.79 bits per heavy atom. The maximum Gasteiger partial charge on any atom is 0.322 e. The number of imide groups is 1. The molecule has 1 atom stereocenters. The summed E-state index contributed by atoms with van der Waals surface area (Å²) in [7, 11) is 0. The molecule has 0 radical (unpaired) electrons. The van der Waals surface area contributed by atoms with Gasteiger partial charge in [-0.1, -0.05) is 25.4 Å². The number of nitrogens with zero attached hydrogens (tertiary/aromatic N) is 1. The average Bonchev–Trinajstić information content (AvgIpc) is 2.94. The number of carbonyl (C=O) groups is 4. The van der Waals surface area contributed by atoms with E-state index in [9.17, 15) is 19.2 Å². The van der Waals surface area contributed by atoms with Gasteiger partial charge in [-0.2, -0.15) is 0 Å². The van der Waals surface area contributed by atoms with E-state index >= 15 is 0 Å². The minimum Gasteiger partial charge on any atom is -0.341 e. The van der Waals surface area contributed by atoms with Crippen molar-refractivity contribution in [2.75, 3.05) is 13.1 Å². The summed E-state index contributed by atoms with van der Waals surface area (Å²) in [6, 6.07) is 5.31. The SMILES string of the molecule is CC(C)CC(NC(=O)c1ccc(Cl)cc1)C(=O)N1CCC2(CC1)NC(=O)NC2=O. The molecule has 9 heteroatoms. The molecule has 0 bridgehead atoms. The van der Waals surface area contributed by atoms with Gasteiger partial charge in [0.15, 0.2) is 0 Å². The van der Waals surface area contributed by atoms with Gasteiger partial charge in [-0.3, -0.25) is 19.7 Å². The van der Waals surface area contributed by atoms with Gasteiger partial charge in [-0.25, -0.2) is 4.79 Å².